The van der Waals surface area contributed by atoms with Crippen molar-refractivity contribution in [3.8, 4) is 22.8 Å². The molecule has 1 fully saturated rings. The molecule has 0 aliphatic heterocycles. The van der Waals surface area contributed by atoms with Gasteiger partial charge in [-0.25, -0.2) is 4.98 Å². The number of aromatic hydroxyl groups is 1. The summed E-state index contributed by atoms with van der Waals surface area (Å²) in [4.78, 5) is 48.8. The van der Waals surface area contributed by atoms with Gasteiger partial charge in [-0.2, -0.15) is 0 Å². The molecule has 5 rings (SSSR count). The lowest BCUT2D eigenvalue weighted by Crippen LogP contribution is -2.36. The SMILES string of the molecule is CCC1(NC(=O)c2cc(N)cc(-c3cnc(NC(C)C)c(=O)n3CC(=O)NCc3c(O)cc(C(=N)N)cc3OCc3cccnc3)c2)CC1. The van der Waals surface area contributed by atoms with Gasteiger partial charge in [0.15, 0.2) is 5.82 Å². The molecule has 0 bridgehead atoms. The molecule has 4 aromatic rings. The van der Waals surface area contributed by atoms with Crippen molar-refractivity contribution in [2.24, 2.45) is 5.73 Å². The Balaban J connectivity index is 1.43. The summed E-state index contributed by atoms with van der Waals surface area (Å²) in [6.07, 6.45) is 7.35. The van der Waals surface area contributed by atoms with E-state index >= 15 is 0 Å². The molecule has 0 atom stereocenters. The van der Waals surface area contributed by atoms with Gasteiger partial charge in [-0.1, -0.05) is 13.0 Å². The zero-order valence-electron chi connectivity index (χ0n) is 27.7. The molecule has 0 unspecified atom stereocenters. The van der Waals surface area contributed by atoms with Gasteiger partial charge in [0.1, 0.15) is 30.5 Å². The lowest BCUT2D eigenvalue weighted by Gasteiger charge is -2.19. The molecule has 2 amide bonds. The maximum atomic E-state index is 13.7. The molecule has 0 radical (unpaired) electrons. The van der Waals surface area contributed by atoms with Crippen molar-refractivity contribution in [1.82, 2.24) is 25.2 Å². The minimum absolute atomic E-state index is 0.0515. The summed E-state index contributed by atoms with van der Waals surface area (Å²) >= 11 is 0. The van der Waals surface area contributed by atoms with Gasteiger partial charge in [0.2, 0.25) is 5.91 Å². The number of ether oxygens (including phenoxy) is 1. The second-order valence-corrected chi connectivity index (χ2v) is 12.4. The van der Waals surface area contributed by atoms with Crippen molar-refractivity contribution in [3.05, 3.63) is 93.7 Å². The smallest absolute Gasteiger partial charge is 0.294 e. The van der Waals surface area contributed by atoms with Crippen LogP contribution >= 0.6 is 0 Å². The number of rotatable bonds is 14. The van der Waals surface area contributed by atoms with Crippen LogP contribution in [-0.4, -0.2) is 48.9 Å². The summed E-state index contributed by atoms with van der Waals surface area (Å²) in [5.74, 6) is -1.08. The van der Waals surface area contributed by atoms with Gasteiger partial charge < -0.3 is 37.3 Å². The number of pyridine rings is 1. The fourth-order valence-corrected chi connectivity index (χ4v) is 5.33. The van der Waals surface area contributed by atoms with E-state index in [1.165, 1.54) is 22.9 Å². The summed E-state index contributed by atoms with van der Waals surface area (Å²) in [5.41, 5.74) is 13.7. The van der Waals surface area contributed by atoms with E-state index in [1.54, 1.807) is 36.7 Å². The van der Waals surface area contributed by atoms with E-state index in [0.29, 0.717) is 16.8 Å². The monoisotopic (exact) mass is 667 g/mol. The third kappa shape index (κ3) is 8.33. The van der Waals surface area contributed by atoms with Crippen LogP contribution in [0.15, 0.2) is 65.8 Å². The minimum atomic E-state index is -0.557. The van der Waals surface area contributed by atoms with Crippen molar-refractivity contribution < 1.29 is 19.4 Å². The fourth-order valence-electron chi connectivity index (χ4n) is 5.33. The Morgan fingerprint density at radius 1 is 1.14 bits per heavy atom. The highest BCUT2D eigenvalue weighted by atomic mass is 16.5. The summed E-state index contributed by atoms with van der Waals surface area (Å²) in [5, 5.41) is 27.5. The number of hydrogen-bond donors (Lipinski definition) is 7. The molecular formula is C35H41N9O5. The Hall–Kier alpha value is -5.92. The molecule has 49 heavy (non-hydrogen) atoms. The van der Waals surface area contributed by atoms with Crippen molar-refractivity contribution in [2.45, 2.75) is 71.3 Å². The maximum absolute atomic E-state index is 13.7. The molecule has 14 nitrogen and oxygen atoms in total. The molecule has 2 aromatic heterocycles. The lowest BCUT2D eigenvalue weighted by atomic mass is 10.0. The van der Waals surface area contributed by atoms with E-state index in [0.717, 1.165) is 24.8 Å². The van der Waals surface area contributed by atoms with E-state index in [-0.39, 0.29) is 70.6 Å². The van der Waals surface area contributed by atoms with E-state index in [2.05, 4.69) is 25.9 Å². The van der Waals surface area contributed by atoms with E-state index < -0.39 is 18.0 Å². The third-order valence-corrected chi connectivity index (χ3v) is 8.28. The molecule has 1 saturated carbocycles. The highest BCUT2D eigenvalue weighted by Gasteiger charge is 2.42. The molecule has 2 aromatic carbocycles. The standard InChI is InChI=1S/C35H41N9O5/c1-4-35(7-8-35)43-33(47)24-10-22(11-25(36)12-24)27-17-41-32(42-20(2)3)34(48)44(27)18-30(46)40-16-26-28(45)13-23(31(37)38)14-29(26)49-19-21-6-5-9-39-15-21/h5-6,9-15,17,20,45H,4,7-8,16,18-19,36H2,1-3H3,(H3,37,38)(H,40,46)(H,41,42)(H,43,47). The van der Waals surface area contributed by atoms with E-state index in [9.17, 15) is 19.5 Å². The Labute approximate surface area is 283 Å². The Kier molecular flexibility index (Phi) is 10.2. The predicted molar refractivity (Wildman–Crippen MR) is 186 cm³/mol. The number of aromatic nitrogens is 3. The van der Waals surface area contributed by atoms with Gasteiger partial charge in [0, 0.05) is 51.9 Å². The van der Waals surface area contributed by atoms with Gasteiger partial charge in [0.25, 0.3) is 11.5 Å². The quantitative estimate of drug-likeness (QED) is 0.0590. The number of amidine groups is 1. The highest BCUT2D eigenvalue weighted by Crippen LogP contribution is 2.38. The van der Waals surface area contributed by atoms with Crippen LogP contribution in [0.3, 0.4) is 0 Å². The molecule has 0 spiro atoms. The number of nitrogens with one attached hydrogen (secondary N) is 4. The Morgan fingerprint density at radius 3 is 2.57 bits per heavy atom. The van der Waals surface area contributed by atoms with Gasteiger partial charge >= 0.3 is 0 Å². The number of nitrogens with zero attached hydrogens (tertiary/aromatic N) is 3. The summed E-state index contributed by atoms with van der Waals surface area (Å²) in [7, 11) is 0. The zero-order chi connectivity index (χ0) is 35.3. The number of hydrogen-bond acceptors (Lipinski definition) is 10. The van der Waals surface area contributed by atoms with Gasteiger partial charge in [0.05, 0.1) is 24.0 Å². The number of phenolic OH excluding ortho intramolecular Hbond substituents is 1. The van der Waals surface area contributed by atoms with Gasteiger partial charge in [-0.3, -0.25) is 29.3 Å². The zero-order valence-corrected chi connectivity index (χ0v) is 27.7. The lowest BCUT2D eigenvalue weighted by molar-refractivity contribution is -0.121. The second-order valence-electron chi connectivity index (χ2n) is 12.4. The Bertz CT molecular complexity index is 1940. The average molecular weight is 668 g/mol. The average Bonchev–Trinajstić information content (AvgIpc) is 3.84. The third-order valence-electron chi connectivity index (χ3n) is 8.28. The number of phenols is 1. The van der Waals surface area contributed by atoms with Crippen LogP contribution in [0.25, 0.3) is 11.3 Å². The predicted octanol–water partition coefficient (Wildman–Crippen LogP) is 3.27. The van der Waals surface area contributed by atoms with Crippen molar-refractivity contribution in [1.29, 1.82) is 5.41 Å². The van der Waals surface area contributed by atoms with Crippen LogP contribution in [-0.2, 0) is 24.5 Å². The highest BCUT2D eigenvalue weighted by molar-refractivity contribution is 5.97. The normalized spacial score (nSPS) is 13.1. The van der Waals surface area contributed by atoms with Crippen molar-refractivity contribution in [3.63, 3.8) is 0 Å². The van der Waals surface area contributed by atoms with Crippen LogP contribution in [0.2, 0.25) is 0 Å². The summed E-state index contributed by atoms with van der Waals surface area (Å²) in [6, 6.07) is 11.1. The molecule has 1 aliphatic rings. The first kappa shape index (κ1) is 34.4. The second kappa shape index (κ2) is 14.5. The first-order valence-corrected chi connectivity index (χ1v) is 16.0. The molecule has 256 valence electrons. The van der Waals surface area contributed by atoms with E-state index in [1.807, 2.05) is 26.8 Å². The van der Waals surface area contributed by atoms with Crippen molar-refractivity contribution in [2.75, 3.05) is 11.1 Å². The molecule has 9 N–H and O–H groups in total. The number of nitrogen functional groups attached to an aromatic ring is 2. The largest absolute Gasteiger partial charge is 0.507 e. The van der Waals surface area contributed by atoms with Crippen LogP contribution in [0.1, 0.15) is 67.1 Å². The number of carbonyl (C=O) groups excluding carboxylic acids is 2. The number of nitrogens with two attached hydrogens (primary N) is 2. The number of benzene rings is 2. The summed E-state index contributed by atoms with van der Waals surface area (Å²) in [6.45, 7) is 5.26. The van der Waals surface area contributed by atoms with Gasteiger partial charge in [-0.05, 0) is 69.5 Å². The van der Waals surface area contributed by atoms with Crippen LogP contribution in [0, 0.1) is 5.41 Å². The van der Waals surface area contributed by atoms with Crippen LogP contribution < -0.4 is 37.7 Å². The first-order chi connectivity index (χ1) is 23.4. The van der Waals surface area contributed by atoms with Crippen LogP contribution in [0.4, 0.5) is 11.5 Å². The molecular weight excluding hydrogens is 626 g/mol. The molecule has 14 heteroatoms. The Morgan fingerprint density at radius 2 is 1.92 bits per heavy atom. The number of carbonyl (C=O) groups is 2. The maximum Gasteiger partial charge on any atom is 0.294 e. The van der Waals surface area contributed by atoms with Crippen molar-refractivity contribution >= 4 is 29.2 Å². The topological polar surface area (TPSA) is 223 Å². The summed E-state index contributed by atoms with van der Waals surface area (Å²) < 4.78 is 7.22. The van der Waals surface area contributed by atoms with Crippen LogP contribution in [0.5, 0.6) is 11.5 Å². The fraction of sp³-hybridized carbons (Fsp3) is 0.314. The number of anilines is 2. The minimum Gasteiger partial charge on any atom is -0.507 e. The number of amides is 2. The first-order valence-electron chi connectivity index (χ1n) is 16.0. The molecule has 0 saturated heterocycles. The van der Waals surface area contributed by atoms with Gasteiger partial charge in [-0.15, -0.1) is 0 Å². The molecule has 1 aliphatic carbocycles. The van der Waals surface area contributed by atoms with E-state index in [4.69, 9.17) is 21.6 Å². The molecule has 2 heterocycles.